The molecule has 1 aromatic rings. The van der Waals surface area contributed by atoms with Crippen molar-refractivity contribution in [3.8, 4) is 5.75 Å². The first-order chi connectivity index (χ1) is 8.57. The maximum Gasteiger partial charge on any atom is 0.313 e. The summed E-state index contributed by atoms with van der Waals surface area (Å²) in [5.74, 6) is 0.500. The first kappa shape index (κ1) is 14.5. The Balaban J connectivity index is 2.94. The fraction of sp³-hybridized carbons (Fsp3) is 0.500. The van der Waals surface area contributed by atoms with Gasteiger partial charge in [-0.1, -0.05) is 18.2 Å². The van der Waals surface area contributed by atoms with Gasteiger partial charge in [-0.05, 0) is 31.9 Å². The maximum absolute atomic E-state index is 12.0. The second kappa shape index (κ2) is 6.40. The summed E-state index contributed by atoms with van der Waals surface area (Å²) in [4.78, 5) is 12.0. The van der Waals surface area contributed by atoms with E-state index < -0.39 is 5.41 Å². The molecule has 0 fully saturated rings. The van der Waals surface area contributed by atoms with E-state index in [0.29, 0.717) is 13.0 Å². The summed E-state index contributed by atoms with van der Waals surface area (Å²) in [7, 11) is 1.61. The second-order valence-corrected chi connectivity index (χ2v) is 4.47. The Hall–Kier alpha value is -1.55. The molecule has 0 amide bonds. The van der Waals surface area contributed by atoms with Crippen LogP contribution in [0.2, 0.25) is 0 Å². The number of hydrogen-bond acceptors (Lipinski definition) is 4. The van der Waals surface area contributed by atoms with Gasteiger partial charge >= 0.3 is 5.97 Å². The molecule has 0 saturated carbocycles. The predicted molar refractivity (Wildman–Crippen MR) is 70.5 cm³/mol. The lowest BCUT2D eigenvalue weighted by Crippen LogP contribution is -2.39. The SMILES string of the molecule is CCOC(=O)C(C)(CN)Cc1ccccc1OC. The van der Waals surface area contributed by atoms with E-state index in [4.69, 9.17) is 15.2 Å². The van der Waals surface area contributed by atoms with E-state index in [2.05, 4.69) is 0 Å². The molecule has 0 aromatic heterocycles. The minimum absolute atomic E-state index is 0.240. The minimum atomic E-state index is -0.718. The number of carbonyl (C=O) groups excluding carboxylic acids is 1. The predicted octanol–water partition coefficient (Wildman–Crippen LogP) is 1.77. The highest BCUT2D eigenvalue weighted by atomic mass is 16.5. The molecular weight excluding hydrogens is 230 g/mol. The van der Waals surface area contributed by atoms with Gasteiger partial charge in [0.05, 0.1) is 19.1 Å². The number of carbonyl (C=O) groups is 1. The van der Waals surface area contributed by atoms with Crippen LogP contribution in [0.25, 0.3) is 0 Å². The number of para-hydroxylation sites is 1. The van der Waals surface area contributed by atoms with Gasteiger partial charge < -0.3 is 15.2 Å². The summed E-state index contributed by atoms with van der Waals surface area (Å²) in [6, 6.07) is 7.62. The van der Waals surface area contributed by atoms with Crippen molar-refractivity contribution in [3.63, 3.8) is 0 Å². The van der Waals surface area contributed by atoms with Crippen molar-refractivity contribution in [3.05, 3.63) is 29.8 Å². The van der Waals surface area contributed by atoms with Crippen LogP contribution in [-0.2, 0) is 16.0 Å². The molecule has 0 radical (unpaired) electrons. The van der Waals surface area contributed by atoms with Crippen LogP contribution >= 0.6 is 0 Å². The first-order valence-electron chi connectivity index (χ1n) is 6.06. The molecule has 0 aliphatic heterocycles. The maximum atomic E-state index is 12.0. The summed E-state index contributed by atoms with van der Waals surface area (Å²) in [5.41, 5.74) is 5.98. The molecule has 1 atom stereocenters. The summed E-state index contributed by atoms with van der Waals surface area (Å²) >= 11 is 0. The highest BCUT2D eigenvalue weighted by Crippen LogP contribution is 2.28. The number of rotatable bonds is 6. The van der Waals surface area contributed by atoms with Crippen molar-refractivity contribution in [1.29, 1.82) is 0 Å². The Morgan fingerprint density at radius 3 is 2.61 bits per heavy atom. The zero-order valence-corrected chi connectivity index (χ0v) is 11.2. The van der Waals surface area contributed by atoms with Crippen LogP contribution in [0.5, 0.6) is 5.75 Å². The monoisotopic (exact) mass is 251 g/mol. The van der Waals surface area contributed by atoms with E-state index in [9.17, 15) is 4.79 Å². The Labute approximate surface area is 108 Å². The van der Waals surface area contributed by atoms with Crippen LogP contribution in [0.4, 0.5) is 0 Å². The third-order valence-electron chi connectivity index (χ3n) is 2.99. The number of benzene rings is 1. The molecule has 18 heavy (non-hydrogen) atoms. The number of nitrogens with two attached hydrogens (primary N) is 1. The van der Waals surface area contributed by atoms with E-state index >= 15 is 0 Å². The third kappa shape index (κ3) is 3.23. The summed E-state index contributed by atoms with van der Waals surface area (Å²) in [6.45, 7) is 4.21. The fourth-order valence-electron chi connectivity index (χ4n) is 1.80. The largest absolute Gasteiger partial charge is 0.496 e. The Kier molecular flexibility index (Phi) is 5.16. The highest BCUT2D eigenvalue weighted by molar-refractivity contribution is 5.77. The standard InChI is InChI=1S/C14H21NO3/c1-4-18-13(16)14(2,10-15)9-11-7-5-6-8-12(11)17-3/h5-8H,4,9-10,15H2,1-3H3. The Morgan fingerprint density at radius 2 is 2.06 bits per heavy atom. The molecule has 0 spiro atoms. The van der Waals surface area contributed by atoms with Crippen LogP contribution in [0, 0.1) is 5.41 Å². The van der Waals surface area contributed by atoms with E-state index in [0.717, 1.165) is 11.3 Å². The van der Waals surface area contributed by atoms with Crippen LogP contribution in [-0.4, -0.2) is 26.2 Å². The van der Waals surface area contributed by atoms with Gasteiger partial charge in [0.2, 0.25) is 0 Å². The summed E-state index contributed by atoms with van der Waals surface area (Å²) in [5, 5.41) is 0. The van der Waals surface area contributed by atoms with Gasteiger partial charge in [-0.15, -0.1) is 0 Å². The quantitative estimate of drug-likeness (QED) is 0.783. The number of methoxy groups -OCH3 is 1. The van der Waals surface area contributed by atoms with Crippen LogP contribution in [0.1, 0.15) is 19.4 Å². The van der Waals surface area contributed by atoms with Gasteiger partial charge in [0.1, 0.15) is 5.75 Å². The molecule has 0 heterocycles. The molecule has 1 rings (SSSR count). The molecule has 1 aromatic carbocycles. The Bertz CT molecular complexity index is 406. The molecule has 0 aliphatic rings. The van der Waals surface area contributed by atoms with E-state index in [-0.39, 0.29) is 12.5 Å². The van der Waals surface area contributed by atoms with Crippen molar-refractivity contribution < 1.29 is 14.3 Å². The minimum Gasteiger partial charge on any atom is -0.496 e. The summed E-state index contributed by atoms with van der Waals surface area (Å²) in [6.07, 6.45) is 0.506. The lowest BCUT2D eigenvalue weighted by molar-refractivity contribution is -0.153. The summed E-state index contributed by atoms with van der Waals surface area (Å²) < 4.78 is 10.4. The van der Waals surface area contributed by atoms with Gasteiger partial charge in [0.25, 0.3) is 0 Å². The van der Waals surface area contributed by atoms with E-state index in [1.807, 2.05) is 31.2 Å². The molecular formula is C14H21NO3. The lowest BCUT2D eigenvalue weighted by Gasteiger charge is -2.26. The normalized spacial score (nSPS) is 13.8. The van der Waals surface area contributed by atoms with E-state index in [1.165, 1.54) is 0 Å². The van der Waals surface area contributed by atoms with Gasteiger partial charge in [-0.3, -0.25) is 4.79 Å². The van der Waals surface area contributed by atoms with Gasteiger partial charge in [0.15, 0.2) is 0 Å². The highest BCUT2D eigenvalue weighted by Gasteiger charge is 2.34. The molecule has 1 unspecified atom stereocenters. The van der Waals surface area contributed by atoms with Crippen molar-refractivity contribution in [2.75, 3.05) is 20.3 Å². The van der Waals surface area contributed by atoms with Crippen LogP contribution < -0.4 is 10.5 Å². The average Bonchev–Trinajstić information content (AvgIpc) is 2.39. The first-order valence-corrected chi connectivity index (χ1v) is 6.06. The topological polar surface area (TPSA) is 61.5 Å². The van der Waals surface area contributed by atoms with Crippen LogP contribution in [0.15, 0.2) is 24.3 Å². The van der Waals surface area contributed by atoms with Crippen molar-refractivity contribution >= 4 is 5.97 Å². The number of esters is 1. The molecule has 2 N–H and O–H groups in total. The van der Waals surface area contributed by atoms with Gasteiger partial charge in [-0.25, -0.2) is 0 Å². The van der Waals surface area contributed by atoms with Crippen LogP contribution in [0.3, 0.4) is 0 Å². The second-order valence-electron chi connectivity index (χ2n) is 4.47. The van der Waals surface area contributed by atoms with Gasteiger partial charge in [-0.2, -0.15) is 0 Å². The molecule has 4 nitrogen and oxygen atoms in total. The number of hydrogen-bond donors (Lipinski definition) is 1. The van der Waals surface area contributed by atoms with Crippen molar-refractivity contribution in [2.45, 2.75) is 20.3 Å². The third-order valence-corrected chi connectivity index (χ3v) is 2.99. The molecule has 0 aliphatic carbocycles. The van der Waals surface area contributed by atoms with Gasteiger partial charge in [0, 0.05) is 6.54 Å². The average molecular weight is 251 g/mol. The molecule has 0 saturated heterocycles. The molecule has 100 valence electrons. The lowest BCUT2D eigenvalue weighted by atomic mass is 9.83. The molecule has 0 bridgehead atoms. The number of ether oxygens (including phenoxy) is 2. The van der Waals surface area contributed by atoms with Crippen molar-refractivity contribution in [1.82, 2.24) is 0 Å². The fourth-order valence-corrected chi connectivity index (χ4v) is 1.80. The Morgan fingerprint density at radius 1 is 1.39 bits per heavy atom. The van der Waals surface area contributed by atoms with Crippen molar-refractivity contribution in [2.24, 2.45) is 11.1 Å². The molecule has 4 heteroatoms. The smallest absolute Gasteiger partial charge is 0.313 e. The van der Waals surface area contributed by atoms with E-state index in [1.54, 1.807) is 14.0 Å². The zero-order chi connectivity index (χ0) is 13.6. The zero-order valence-electron chi connectivity index (χ0n) is 11.2.